The normalized spacial score (nSPS) is 15.5. The summed E-state index contributed by atoms with van der Waals surface area (Å²) >= 11 is 0. The average molecular weight is 352 g/mol. The molecule has 3 rings (SSSR count). The molecule has 25 heavy (non-hydrogen) atoms. The largest absolute Gasteiger partial charge is 0.419 e. The van der Waals surface area contributed by atoms with Crippen LogP contribution in [0.1, 0.15) is 34.5 Å². The Hall–Kier alpha value is -2.44. The molecule has 1 aromatic heterocycles. The molecule has 0 radical (unpaired) electrons. The Morgan fingerprint density at radius 1 is 1.20 bits per heavy atom. The summed E-state index contributed by atoms with van der Waals surface area (Å²) in [6.07, 6.45) is -2.68. The molecule has 1 saturated carbocycles. The van der Waals surface area contributed by atoms with Crippen LogP contribution in [0.5, 0.6) is 0 Å². The monoisotopic (exact) mass is 352 g/mol. The van der Waals surface area contributed by atoms with Gasteiger partial charge in [0.2, 0.25) is 0 Å². The molecule has 3 nitrogen and oxygen atoms in total. The minimum absolute atomic E-state index is 0.314. The van der Waals surface area contributed by atoms with Crippen LogP contribution in [-0.2, 0) is 12.7 Å². The van der Waals surface area contributed by atoms with Crippen LogP contribution in [0, 0.1) is 18.7 Å². The van der Waals surface area contributed by atoms with Crippen LogP contribution in [0.25, 0.3) is 0 Å². The zero-order chi connectivity index (χ0) is 18.2. The minimum Gasteiger partial charge on any atom is -0.330 e. The van der Waals surface area contributed by atoms with Gasteiger partial charge in [0, 0.05) is 12.2 Å². The minimum atomic E-state index is -4.87. The van der Waals surface area contributed by atoms with Gasteiger partial charge < -0.3 is 4.57 Å². The first-order chi connectivity index (χ1) is 11.8. The van der Waals surface area contributed by atoms with Crippen molar-refractivity contribution in [2.75, 3.05) is 0 Å². The van der Waals surface area contributed by atoms with E-state index in [9.17, 15) is 22.4 Å². The fourth-order valence-electron chi connectivity index (χ4n) is 2.61. The van der Waals surface area contributed by atoms with Gasteiger partial charge in [0.25, 0.3) is 5.91 Å². The third kappa shape index (κ3) is 3.81. The topological polar surface area (TPSA) is 34.4 Å². The highest BCUT2D eigenvalue weighted by molar-refractivity contribution is 5.95. The van der Waals surface area contributed by atoms with Crippen molar-refractivity contribution in [1.82, 2.24) is 4.57 Å². The summed E-state index contributed by atoms with van der Waals surface area (Å²) in [5, 5.41) is 0. The predicted octanol–water partition coefficient (Wildman–Crippen LogP) is 4.11. The van der Waals surface area contributed by atoms with Crippen LogP contribution in [0.2, 0.25) is 0 Å². The molecule has 1 fully saturated rings. The molecule has 1 amide bonds. The van der Waals surface area contributed by atoms with Crippen LogP contribution in [-0.4, -0.2) is 10.5 Å². The first-order valence-electron chi connectivity index (χ1n) is 7.88. The molecular formula is C18H16F4N2O. The number of pyridine rings is 1. The first kappa shape index (κ1) is 17.4. The van der Waals surface area contributed by atoms with Crippen molar-refractivity contribution >= 4 is 5.91 Å². The van der Waals surface area contributed by atoms with Gasteiger partial charge in [-0.1, -0.05) is 12.1 Å². The lowest BCUT2D eigenvalue weighted by Crippen LogP contribution is -2.25. The summed E-state index contributed by atoms with van der Waals surface area (Å²) < 4.78 is 54.3. The Labute approximate surface area is 141 Å². The Morgan fingerprint density at radius 3 is 2.52 bits per heavy atom. The molecule has 0 bridgehead atoms. The van der Waals surface area contributed by atoms with E-state index in [-0.39, 0.29) is 0 Å². The number of hydrogen-bond donors (Lipinski definition) is 0. The van der Waals surface area contributed by atoms with Crippen LogP contribution >= 0.6 is 0 Å². The number of halogens is 4. The maximum Gasteiger partial charge on any atom is 0.419 e. The fraction of sp³-hybridized carbons (Fsp3) is 0.333. The Bertz CT molecular complexity index is 879. The number of hydrogen-bond acceptors (Lipinski definition) is 1. The van der Waals surface area contributed by atoms with Crippen molar-refractivity contribution in [1.29, 1.82) is 0 Å². The number of nitrogens with zero attached hydrogens (tertiary/aromatic N) is 2. The van der Waals surface area contributed by atoms with Crippen LogP contribution in [0.4, 0.5) is 17.6 Å². The van der Waals surface area contributed by atoms with Crippen molar-refractivity contribution < 1.29 is 22.4 Å². The van der Waals surface area contributed by atoms with E-state index < -0.39 is 29.0 Å². The lowest BCUT2D eigenvalue weighted by Gasteiger charge is -2.11. The number of aromatic nitrogens is 1. The van der Waals surface area contributed by atoms with Crippen LogP contribution < -0.4 is 5.49 Å². The van der Waals surface area contributed by atoms with E-state index in [0.29, 0.717) is 24.0 Å². The van der Waals surface area contributed by atoms with Crippen molar-refractivity contribution in [3.63, 3.8) is 0 Å². The Kier molecular flexibility index (Phi) is 4.49. The quantitative estimate of drug-likeness (QED) is 0.766. The van der Waals surface area contributed by atoms with E-state index in [2.05, 4.69) is 4.99 Å². The summed E-state index contributed by atoms with van der Waals surface area (Å²) in [5.74, 6) is -2.11. The average Bonchev–Trinajstić information content (AvgIpc) is 3.33. The molecule has 0 atom stereocenters. The number of carbonyl (C=O) groups is 1. The van der Waals surface area contributed by atoms with E-state index in [1.807, 2.05) is 17.6 Å². The number of alkyl halides is 3. The van der Waals surface area contributed by atoms with Gasteiger partial charge in [-0.05, 0) is 49.9 Å². The molecule has 1 aliphatic rings. The van der Waals surface area contributed by atoms with Gasteiger partial charge in [-0.2, -0.15) is 18.2 Å². The Balaban J connectivity index is 2.03. The van der Waals surface area contributed by atoms with Crippen molar-refractivity contribution in [2.45, 2.75) is 32.5 Å². The van der Waals surface area contributed by atoms with Gasteiger partial charge in [-0.3, -0.25) is 4.79 Å². The predicted molar refractivity (Wildman–Crippen MR) is 83.2 cm³/mol. The van der Waals surface area contributed by atoms with Gasteiger partial charge in [0.15, 0.2) is 0 Å². The number of aryl methyl sites for hydroxylation is 1. The van der Waals surface area contributed by atoms with Crippen molar-refractivity contribution in [2.24, 2.45) is 10.9 Å². The van der Waals surface area contributed by atoms with E-state index in [0.717, 1.165) is 30.7 Å². The molecule has 132 valence electrons. The molecule has 0 spiro atoms. The molecule has 1 aliphatic carbocycles. The van der Waals surface area contributed by atoms with E-state index in [1.165, 1.54) is 0 Å². The van der Waals surface area contributed by atoms with Gasteiger partial charge in [-0.25, -0.2) is 4.39 Å². The standard InChI is InChI=1S/C18H16F4N2O/c1-11-4-2-7-15(24(11)10-12-8-9-12)23-17(25)13-5-3-6-14(16(13)19)18(20,21)22/h2-7,12H,8-10H2,1H3. The maximum absolute atomic E-state index is 14.1. The number of benzene rings is 1. The molecule has 2 aromatic rings. The highest BCUT2D eigenvalue weighted by atomic mass is 19.4. The molecule has 1 aromatic carbocycles. The van der Waals surface area contributed by atoms with Gasteiger partial charge in [-0.15, -0.1) is 0 Å². The highest BCUT2D eigenvalue weighted by Crippen LogP contribution is 2.32. The fourth-order valence-corrected chi connectivity index (χ4v) is 2.61. The maximum atomic E-state index is 14.1. The molecule has 0 N–H and O–H groups in total. The van der Waals surface area contributed by atoms with Gasteiger partial charge in [0.05, 0.1) is 11.1 Å². The molecule has 0 saturated heterocycles. The molecule has 0 aliphatic heterocycles. The van der Waals surface area contributed by atoms with Gasteiger partial charge in [0.1, 0.15) is 11.3 Å². The number of rotatable bonds is 3. The number of carbonyl (C=O) groups excluding carboxylic acids is 1. The molecule has 0 unspecified atom stereocenters. The second-order valence-electron chi connectivity index (χ2n) is 6.16. The second-order valence-corrected chi connectivity index (χ2v) is 6.16. The summed E-state index contributed by atoms with van der Waals surface area (Å²) in [5.41, 5.74) is -0.961. The van der Waals surface area contributed by atoms with Crippen LogP contribution in [0.15, 0.2) is 41.4 Å². The van der Waals surface area contributed by atoms with E-state index >= 15 is 0 Å². The van der Waals surface area contributed by atoms with Crippen molar-refractivity contribution in [3.05, 3.63) is 64.5 Å². The molecule has 7 heteroatoms. The van der Waals surface area contributed by atoms with E-state index in [4.69, 9.17) is 0 Å². The smallest absolute Gasteiger partial charge is 0.330 e. The lowest BCUT2D eigenvalue weighted by atomic mass is 10.1. The summed E-state index contributed by atoms with van der Waals surface area (Å²) in [6, 6.07) is 7.77. The second kappa shape index (κ2) is 6.46. The summed E-state index contributed by atoms with van der Waals surface area (Å²) in [6.45, 7) is 2.54. The SMILES string of the molecule is Cc1cccc(=NC(=O)c2cccc(C(F)(F)F)c2F)n1CC1CC1. The van der Waals surface area contributed by atoms with E-state index in [1.54, 1.807) is 12.1 Å². The lowest BCUT2D eigenvalue weighted by molar-refractivity contribution is -0.140. The summed E-state index contributed by atoms with van der Waals surface area (Å²) in [4.78, 5) is 16.2. The first-order valence-corrected chi connectivity index (χ1v) is 7.88. The van der Waals surface area contributed by atoms with Crippen molar-refractivity contribution in [3.8, 4) is 0 Å². The third-order valence-corrected chi connectivity index (χ3v) is 4.17. The highest BCUT2D eigenvalue weighted by Gasteiger charge is 2.35. The third-order valence-electron chi connectivity index (χ3n) is 4.17. The summed E-state index contributed by atoms with van der Waals surface area (Å²) in [7, 11) is 0. The molecular weight excluding hydrogens is 336 g/mol. The molecule has 1 heterocycles. The van der Waals surface area contributed by atoms with Crippen LogP contribution in [0.3, 0.4) is 0 Å². The number of amides is 1. The zero-order valence-corrected chi connectivity index (χ0v) is 13.5. The zero-order valence-electron chi connectivity index (χ0n) is 13.5. The Morgan fingerprint density at radius 2 is 1.88 bits per heavy atom. The van der Waals surface area contributed by atoms with Gasteiger partial charge >= 0.3 is 6.18 Å².